The van der Waals surface area contributed by atoms with E-state index in [0.717, 1.165) is 32.0 Å². The molecule has 0 N–H and O–H groups in total. The van der Waals surface area contributed by atoms with Crippen LogP contribution in [-0.2, 0) is 14.4 Å². The third-order valence-electron chi connectivity index (χ3n) is 5.89. The van der Waals surface area contributed by atoms with Crippen molar-refractivity contribution in [2.45, 2.75) is 63.7 Å². The molecule has 19 heavy (non-hydrogen) atoms. The molecule has 4 heteroatoms. The predicted octanol–water partition coefficient (Wildman–Crippen LogP) is 2.89. The highest BCUT2D eigenvalue weighted by molar-refractivity contribution is 5.13. The monoisotopic (exact) mass is 267 g/mol. The number of nitrogens with zero attached hydrogens (tertiary/aromatic N) is 1. The SMILES string of the molecule is CCCCO[C@@H]1C[C@@H]2CC[C@@H]3CC[C@H]4CON(O1)[C@@]342. The summed E-state index contributed by atoms with van der Waals surface area (Å²) >= 11 is 0. The second kappa shape index (κ2) is 4.69. The normalized spacial score (nSPS) is 48.5. The molecule has 5 atom stereocenters. The van der Waals surface area contributed by atoms with Crippen molar-refractivity contribution < 1.29 is 14.4 Å². The maximum atomic E-state index is 6.03. The Morgan fingerprint density at radius 3 is 2.79 bits per heavy atom. The van der Waals surface area contributed by atoms with Gasteiger partial charge in [0.05, 0.1) is 12.1 Å². The first-order valence-corrected chi connectivity index (χ1v) is 8.07. The van der Waals surface area contributed by atoms with Crippen LogP contribution >= 0.6 is 0 Å². The van der Waals surface area contributed by atoms with Crippen LogP contribution in [0.15, 0.2) is 0 Å². The number of rotatable bonds is 4. The van der Waals surface area contributed by atoms with Crippen LogP contribution in [0.1, 0.15) is 51.9 Å². The number of hydrogen-bond acceptors (Lipinski definition) is 4. The summed E-state index contributed by atoms with van der Waals surface area (Å²) in [6, 6.07) is 0. The molecule has 4 rings (SSSR count). The van der Waals surface area contributed by atoms with Crippen LogP contribution in [0.5, 0.6) is 0 Å². The van der Waals surface area contributed by atoms with Crippen molar-refractivity contribution >= 4 is 0 Å². The number of hydroxylamine groups is 2. The van der Waals surface area contributed by atoms with E-state index in [0.29, 0.717) is 11.8 Å². The van der Waals surface area contributed by atoms with E-state index in [1.165, 1.54) is 32.1 Å². The van der Waals surface area contributed by atoms with Crippen molar-refractivity contribution in [2.75, 3.05) is 13.2 Å². The van der Waals surface area contributed by atoms with Crippen molar-refractivity contribution in [3.05, 3.63) is 0 Å². The van der Waals surface area contributed by atoms with E-state index in [-0.39, 0.29) is 11.8 Å². The highest BCUT2D eigenvalue weighted by atomic mass is 17.0. The minimum atomic E-state index is -0.0831. The summed E-state index contributed by atoms with van der Waals surface area (Å²) in [5, 5.41) is 1.90. The smallest absolute Gasteiger partial charge is 0.180 e. The van der Waals surface area contributed by atoms with Crippen LogP contribution in [0.25, 0.3) is 0 Å². The van der Waals surface area contributed by atoms with Crippen LogP contribution < -0.4 is 0 Å². The van der Waals surface area contributed by atoms with Crippen LogP contribution in [0, 0.1) is 17.8 Å². The molecule has 2 saturated heterocycles. The number of ether oxygens (including phenoxy) is 1. The molecule has 0 unspecified atom stereocenters. The Bertz CT molecular complexity index is 320. The fourth-order valence-electron chi connectivity index (χ4n) is 5.08. The minimum Gasteiger partial charge on any atom is -0.351 e. The summed E-state index contributed by atoms with van der Waals surface area (Å²) in [6.45, 7) is 3.85. The first-order valence-electron chi connectivity index (χ1n) is 8.07. The van der Waals surface area contributed by atoms with Crippen molar-refractivity contribution in [2.24, 2.45) is 17.8 Å². The first-order chi connectivity index (χ1) is 9.35. The summed E-state index contributed by atoms with van der Waals surface area (Å²) < 4.78 is 5.88. The average molecular weight is 267 g/mol. The van der Waals surface area contributed by atoms with Gasteiger partial charge >= 0.3 is 0 Å². The van der Waals surface area contributed by atoms with Crippen LogP contribution in [0.4, 0.5) is 0 Å². The van der Waals surface area contributed by atoms with E-state index in [4.69, 9.17) is 14.4 Å². The topological polar surface area (TPSA) is 30.9 Å². The van der Waals surface area contributed by atoms with Crippen LogP contribution in [0.3, 0.4) is 0 Å². The summed E-state index contributed by atoms with van der Waals surface area (Å²) in [6.07, 6.45) is 8.64. The Balaban J connectivity index is 1.50. The average Bonchev–Trinajstić information content (AvgIpc) is 3.04. The molecule has 0 radical (unpaired) electrons. The van der Waals surface area contributed by atoms with E-state index < -0.39 is 0 Å². The number of unbranched alkanes of at least 4 members (excludes halogenated alkanes) is 1. The molecular weight excluding hydrogens is 242 g/mol. The molecule has 2 aliphatic carbocycles. The zero-order chi connectivity index (χ0) is 12.9. The maximum absolute atomic E-state index is 6.03. The summed E-state index contributed by atoms with van der Waals surface area (Å²) in [5.74, 6) is 2.20. The molecule has 4 aliphatic rings. The van der Waals surface area contributed by atoms with E-state index in [1.807, 2.05) is 5.23 Å². The van der Waals surface area contributed by atoms with Gasteiger partial charge in [-0.15, -0.1) is 0 Å². The Morgan fingerprint density at radius 1 is 1.16 bits per heavy atom. The molecule has 0 bridgehead atoms. The fraction of sp³-hybridized carbons (Fsp3) is 1.00. The lowest BCUT2D eigenvalue weighted by molar-refractivity contribution is -0.458. The van der Waals surface area contributed by atoms with E-state index in [2.05, 4.69) is 6.92 Å². The Hall–Kier alpha value is -0.160. The molecule has 0 aromatic carbocycles. The van der Waals surface area contributed by atoms with Crippen molar-refractivity contribution in [3.63, 3.8) is 0 Å². The Labute approximate surface area is 115 Å². The molecule has 108 valence electrons. The standard InChI is InChI=1S/C15H25NO3/c1-2-3-8-17-14-9-12-6-4-11-5-7-13-10-18-16(19-14)15(11,12)13/h11-14H,2-10H2,1H3/t11-,12+,13+,14+,15-/m1/s1. The maximum Gasteiger partial charge on any atom is 0.180 e. The summed E-state index contributed by atoms with van der Waals surface area (Å²) in [4.78, 5) is 11.9. The third kappa shape index (κ3) is 1.67. The molecule has 0 amide bonds. The highest BCUT2D eigenvalue weighted by Crippen LogP contribution is 2.63. The zero-order valence-electron chi connectivity index (χ0n) is 11.8. The lowest BCUT2D eigenvalue weighted by Crippen LogP contribution is -2.57. The molecule has 2 aliphatic heterocycles. The fourth-order valence-corrected chi connectivity index (χ4v) is 5.08. The predicted molar refractivity (Wildman–Crippen MR) is 69.8 cm³/mol. The van der Waals surface area contributed by atoms with E-state index >= 15 is 0 Å². The molecular formula is C15H25NO3. The van der Waals surface area contributed by atoms with E-state index in [9.17, 15) is 0 Å². The van der Waals surface area contributed by atoms with Gasteiger partial charge in [-0.25, -0.2) is 4.84 Å². The lowest BCUT2D eigenvalue weighted by atomic mass is 9.75. The molecule has 4 nitrogen and oxygen atoms in total. The molecule has 0 aromatic rings. The van der Waals surface area contributed by atoms with Gasteiger partial charge in [-0.1, -0.05) is 18.6 Å². The molecule has 2 heterocycles. The van der Waals surface area contributed by atoms with Gasteiger partial charge in [0, 0.05) is 18.9 Å². The van der Waals surface area contributed by atoms with Gasteiger partial charge in [-0.2, -0.15) is 0 Å². The molecule has 4 fully saturated rings. The highest BCUT2D eigenvalue weighted by Gasteiger charge is 2.68. The van der Waals surface area contributed by atoms with Crippen molar-refractivity contribution in [1.82, 2.24) is 5.23 Å². The largest absolute Gasteiger partial charge is 0.351 e. The molecule has 2 saturated carbocycles. The van der Waals surface area contributed by atoms with E-state index in [1.54, 1.807) is 0 Å². The van der Waals surface area contributed by atoms with Gasteiger partial charge in [0.15, 0.2) is 6.29 Å². The third-order valence-corrected chi connectivity index (χ3v) is 5.89. The first kappa shape index (κ1) is 12.6. The zero-order valence-corrected chi connectivity index (χ0v) is 11.8. The lowest BCUT2D eigenvalue weighted by Gasteiger charge is -2.46. The quantitative estimate of drug-likeness (QED) is 0.733. The van der Waals surface area contributed by atoms with Gasteiger partial charge in [-0.05, 0) is 43.9 Å². The van der Waals surface area contributed by atoms with Gasteiger partial charge in [-0.3, -0.25) is 4.84 Å². The second-order valence-electron chi connectivity index (χ2n) is 6.68. The Kier molecular flexibility index (Phi) is 3.10. The molecule has 1 spiro atoms. The van der Waals surface area contributed by atoms with Crippen molar-refractivity contribution in [1.29, 1.82) is 0 Å². The van der Waals surface area contributed by atoms with Crippen LogP contribution in [-0.4, -0.2) is 30.3 Å². The summed E-state index contributed by atoms with van der Waals surface area (Å²) in [5.41, 5.74) is 0.213. The minimum absolute atomic E-state index is 0.0831. The van der Waals surface area contributed by atoms with Gasteiger partial charge in [0.25, 0.3) is 0 Å². The number of hydrogen-bond donors (Lipinski definition) is 0. The summed E-state index contributed by atoms with van der Waals surface area (Å²) in [7, 11) is 0. The Morgan fingerprint density at radius 2 is 1.95 bits per heavy atom. The van der Waals surface area contributed by atoms with Crippen LogP contribution in [0.2, 0.25) is 0 Å². The van der Waals surface area contributed by atoms with Gasteiger partial charge < -0.3 is 4.74 Å². The molecule has 0 aromatic heterocycles. The van der Waals surface area contributed by atoms with Gasteiger partial charge in [0.2, 0.25) is 0 Å². The second-order valence-corrected chi connectivity index (χ2v) is 6.68. The van der Waals surface area contributed by atoms with Crippen molar-refractivity contribution in [3.8, 4) is 0 Å². The van der Waals surface area contributed by atoms with Gasteiger partial charge in [0.1, 0.15) is 0 Å².